The zero-order chi connectivity index (χ0) is 35.8. The maximum Gasteiger partial charge on any atom is 0.136 e. The number of fused-ring (bicyclic) bond motifs is 4. The Labute approximate surface area is 314 Å². The van der Waals surface area contributed by atoms with Crippen LogP contribution >= 0.6 is 0 Å². The van der Waals surface area contributed by atoms with E-state index in [2.05, 4.69) is 205 Å². The molecule has 0 bridgehead atoms. The molecule has 0 N–H and O–H groups in total. The van der Waals surface area contributed by atoms with Gasteiger partial charge >= 0.3 is 0 Å². The summed E-state index contributed by atoms with van der Waals surface area (Å²) in [5.74, 6) is 0. The van der Waals surface area contributed by atoms with Gasteiger partial charge in [0.05, 0.1) is 5.69 Å². The summed E-state index contributed by atoms with van der Waals surface area (Å²) < 4.78 is 6.26. The lowest BCUT2D eigenvalue weighted by atomic mass is 9.94. The minimum atomic E-state index is 0.899. The molecule has 0 aliphatic carbocycles. The number of para-hydroxylation sites is 1. The Bertz CT molecular complexity index is 2900. The van der Waals surface area contributed by atoms with Gasteiger partial charge in [0, 0.05) is 27.7 Å². The first-order valence-corrected chi connectivity index (χ1v) is 18.4. The van der Waals surface area contributed by atoms with Gasteiger partial charge in [-0.25, -0.2) is 0 Å². The first-order chi connectivity index (χ1) is 26.8. The second-order valence-electron chi connectivity index (χ2n) is 13.7. The lowest BCUT2D eigenvalue weighted by Gasteiger charge is -2.29. The highest BCUT2D eigenvalue weighted by Gasteiger charge is 2.20. The molecule has 0 fully saturated rings. The molecule has 10 rings (SSSR count). The van der Waals surface area contributed by atoms with Crippen LogP contribution in [0, 0.1) is 0 Å². The summed E-state index contributed by atoms with van der Waals surface area (Å²) in [5.41, 5.74) is 14.4. The largest absolute Gasteiger partial charge is 0.456 e. The normalized spacial score (nSPS) is 11.3. The first kappa shape index (κ1) is 31.6. The fourth-order valence-corrected chi connectivity index (χ4v) is 7.89. The minimum absolute atomic E-state index is 0.899. The van der Waals surface area contributed by atoms with Crippen molar-refractivity contribution in [3.8, 4) is 44.5 Å². The Balaban J connectivity index is 1.17. The third kappa shape index (κ3) is 5.62. The Kier molecular flexibility index (Phi) is 7.85. The summed E-state index contributed by atoms with van der Waals surface area (Å²) in [4.78, 5) is 2.41. The van der Waals surface area contributed by atoms with E-state index in [1.807, 2.05) is 12.1 Å². The maximum atomic E-state index is 6.26. The van der Waals surface area contributed by atoms with Crippen LogP contribution in [-0.4, -0.2) is 0 Å². The molecule has 2 heteroatoms. The van der Waals surface area contributed by atoms with Gasteiger partial charge in [0.25, 0.3) is 0 Å². The Morgan fingerprint density at radius 1 is 0.315 bits per heavy atom. The van der Waals surface area contributed by atoms with E-state index < -0.39 is 0 Å². The van der Waals surface area contributed by atoms with Gasteiger partial charge in [-0.2, -0.15) is 0 Å². The number of anilines is 3. The molecule has 1 aromatic heterocycles. The van der Waals surface area contributed by atoms with Gasteiger partial charge in [-0.3, -0.25) is 0 Å². The van der Waals surface area contributed by atoms with E-state index in [0.29, 0.717) is 0 Å². The van der Waals surface area contributed by atoms with Crippen molar-refractivity contribution in [1.29, 1.82) is 0 Å². The lowest BCUT2D eigenvalue weighted by molar-refractivity contribution is 0.669. The summed E-state index contributed by atoms with van der Waals surface area (Å²) in [5, 5.41) is 4.74. The highest BCUT2D eigenvalue weighted by molar-refractivity contribution is 6.12. The monoisotopic (exact) mass is 689 g/mol. The van der Waals surface area contributed by atoms with Gasteiger partial charge in [-0.05, 0) is 92.2 Å². The summed E-state index contributed by atoms with van der Waals surface area (Å²) >= 11 is 0. The maximum absolute atomic E-state index is 6.26. The molecule has 254 valence electrons. The Hall–Kier alpha value is -7.16. The van der Waals surface area contributed by atoms with Crippen LogP contribution in [-0.2, 0) is 0 Å². The molecule has 0 spiro atoms. The fraction of sp³-hybridized carbons (Fsp3) is 0. The average Bonchev–Trinajstić information content (AvgIpc) is 3.64. The number of hydrogen-bond donors (Lipinski definition) is 0. The molecular weight excluding hydrogens is 655 g/mol. The van der Waals surface area contributed by atoms with E-state index >= 15 is 0 Å². The standard InChI is InChI=1S/C52H35NO/c1-3-13-36(14-4-1)37-25-30-42(31-26-37)53(43-32-27-40(28-33-43)47-22-12-24-51-52(47)48-20-9-10-23-50(48)54-51)49-35-41(29-34-46(49)39-15-5-2-6-16-39)45-21-11-18-38-17-7-8-19-44(38)45/h1-35H. The van der Waals surface area contributed by atoms with E-state index in [-0.39, 0.29) is 0 Å². The molecule has 1 heterocycles. The third-order valence-electron chi connectivity index (χ3n) is 10.5. The summed E-state index contributed by atoms with van der Waals surface area (Å²) in [7, 11) is 0. The molecule has 2 nitrogen and oxygen atoms in total. The van der Waals surface area contributed by atoms with Gasteiger partial charge in [-0.15, -0.1) is 0 Å². The van der Waals surface area contributed by atoms with Gasteiger partial charge in [0.15, 0.2) is 0 Å². The van der Waals surface area contributed by atoms with E-state index in [4.69, 9.17) is 4.42 Å². The zero-order valence-corrected chi connectivity index (χ0v) is 29.6. The predicted molar refractivity (Wildman–Crippen MR) is 228 cm³/mol. The second kappa shape index (κ2) is 13.4. The third-order valence-corrected chi connectivity index (χ3v) is 10.5. The van der Waals surface area contributed by atoms with Gasteiger partial charge in [-0.1, -0.05) is 170 Å². The van der Waals surface area contributed by atoms with E-state index in [0.717, 1.165) is 61.3 Å². The number of rotatable bonds is 7. The highest BCUT2D eigenvalue weighted by Crippen LogP contribution is 2.45. The van der Waals surface area contributed by atoms with Gasteiger partial charge in [0.2, 0.25) is 0 Å². The molecule has 0 aliphatic heterocycles. The molecule has 0 unspecified atom stereocenters. The van der Waals surface area contributed by atoms with Gasteiger partial charge in [0.1, 0.15) is 11.2 Å². The summed E-state index contributed by atoms with van der Waals surface area (Å²) in [6, 6.07) is 76.0. The SMILES string of the molecule is c1ccc(-c2ccc(N(c3ccc(-c4cccc5oc6ccccc6c45)cc3)c3cc(-c4cccc5ccccc45)ccc3-c3ccccc3)cc2)cc1. The van der Waals surface area contributed by atoms with Crippen LogP contribution in [0.4, 0.5) is 17.1 Å². The summed E-state index contributed by atoms with van der Waals surface area (Å²) in [6.45, 7) is 0. The van der Waals surface area contributed by atoms with Crippen molar-refractivity contribution in [2.75, 3.05) is 4.90 Å². The summed E-state index contributed by atoms with van der Waals surface area (Å²) in [6.07, 6.45) is 0. The van der Waals surface area contributed by atoms with Crippen molar-refractivity contribution in [3.63, 3.8) is 0 Å². The predicted octanol–water partition coefficient (Wildman–Crippen LogP) is 14.9. The molecule has 0 aliphatic rings. The number of hydrogen-bond acceptors (Lipinski definition) is 2. The van der Waals surface area contributed by atoms with Crippen LogP contribution in [0.1, 0.15) is 0 Å². The van der Waals surface area contributed by atoms with Crippen LogP contribution in [0.2, 0.25) is 0 Å². The number of benzene rings is 9. The molecule has 0 atom stereocenters. The van der Waals surface area contributed by atoms with Crippen molar-refractivity contribution in [2.45, 2.75) is 0 Å². The number of furan rings is 1. The molecule has 0 saturated carbocycles. The molecule has 10 aromatic rings. The average molecular weight is 690 g/mol. The first-order valence-electron chi connectivity index (χ1n) is 18.4. The Morgan fingerprint density at radius 2 is 0.833 bits per heavy atom. The number of nitrogens with zero attached hydrogens (tertiary/aromatic N) is 1. The molecule has 9 aromatic carbocycles. The zero-order valence-electron chi connectivity index (χ0n) is 29.6. The highest BCUT2D eigenvalue weighted by atomic mass is 16.3. The Morgan fingerprint density at radius 3 is 1.59 bits per heavy atom. The smallest absolute Gasteiger partial charge is 0.136 e. The minimum Gasteiger partial charge on any atom is -0.456 e. The molecule has 0 radical (unpaired) electrons. The topological polar surface area (TPSA) is 16.4 Å². The van der Waals surface area contributed by atoms with Crippen LogP contribution in [0.5, 0.6) is 0 Å². The van der Waals surface area contributed by atoms with E-state index in [9.17, 15) is 0 Å². The van der Waals surface area contributed by atoms with Crippen LogP contribution in [0.3, 0.4) is 0 Å². The van der Waals surface area contributed by atoms with Crippen LogP contribution < -0.4 is 4.90 Å². The van der Waals surface area contributed by atoms with E-state index in [1.54, 1.807) is 0 Å². The van der Waals surface area contributed by atoms with Crippen molar-refractivity contribution in [3.05, 3.63) is 212 Å². The van der Waals surface area contributed by atoms with E-state index in [1.165, 1.54) is 33.0 Å². The molecule has 0 amide bonds. The van der Waals surface area contributed by atoms with Crippen molar-refractivity contribution < 1.29 is 4.42 Å². The van der Waals surface area contributed by atoms with Crippen molar-refractivity contribution in [1.82, 2.24) is 0 Å². The molecule has 54 heavy (non-hydrogen) atoms. The second-order valence-corrected chi connectivity index (χ2v) is 13.7. The lowest BCUT2D eigenvalue weighted by Crippen LogP contribution is -2.11. The van der Waals surface area contributed by atoms with Gasteiger partial charge < -0.3 is 9.32 Å². The molecule has 0 saturated heterocycles. The fourth-order valence-electron chi connectivity index (χ4n) is 7.89. The van der Waals surface area contributed by atoms with Crippen LogP contribution in [0.15, 0.2) is 217 Å². The van der Waals surface area contributed by atoms with Crippen LogP contribution in [0.25, 0.3) is 77.2 Å². The van der Waals surface area contributed by atoms with Crippen molar-refractivity contribution >= 4 is 49.8 Å². The quantitative estimate of drug-likeness (QED) is 0.166. The molecular formula is C52H35NO. The van der Waals surface area contributed by atoms with Crippen molar-refractivity contribution in [2.24, 2.45) is 0 Å².